The number of rotatable bonds is 4. The third-order valence-electron chi connectivity index (χ3n) is 4.56. The van der Waals surface area contributed by atoms with Crippen LogP contribution in [0.2, 0.25) is 0 Å². The lowest BCUT2D eigenvalue weighted by atomic mass is 9.88. The molecule has 1 aromatic rings. The van der Waals surface area contributed by atoms with Gasteiger partial charge in [0.15, 0.2) is 0 Å². The first kappa shape index (κ1) is 15.4. The van der Waals surface area contributed by atoms with Gasteiger partial charge in [-0.2, -0.15) is 0 Å². The second-order valence-corrected chi connectivity index (χ2v) is 5.90. The minimum atomic E-state index is -0.500. The lowest BCUT2D eigenvalue weighted by Gasteiger charge is -2.46. The number of benzene rings is 1. The Kier molecular flexibility index (Phi) is 4.76. The van der Waals surface area contributed by atoms with E-state index < -0.39 is 11.6 Å². The first-order valence-electron chi connectivity index (χ1n) is 7.42. The molecule has 1 unspecified atom stereocenters. The Morgan fingerprint density at radius 2 is 1.80 bits per heavy atom. The molecule has 20 heavy (non-hydrogen) atoms. The van der Waals surface area contributed by atoms with Gasteiger partial charge in [-0.1, -0.05) is 13.8 Å². The van der Waals surface area contributed by atoms with Gasteiger partial charge >= 0.3 is 0 Å². The number of nitrogens with one attached hydrogen (secondary N) is 1. The average Bonchev–Trinajstić information content (AvgIpc) is 2.40. The van der Waals surface area contributed by atoms with Crippen molar-refractivity contribution in [3.8, 4) is 0 Å². The lowest BCUT2D eigenvalue weighted by Crippen LogP contribution is -2.62. The SMILES string of the molecule is CCC1(CC)CN(Cc2cc(F)cc(F)c2)C(C)CN1. The van der Waals surface area contributed by atoms with Crippen LogP contribution in [0.1, 0.15) is 39.2 Å². The van der Waals surface area contributed by atoms with Gasteiger partial charge in [0, 0.05) is 37.3 Å². The molecule has 1 heterocycles. The fourth-order valence-corrected chi connectivity index (χ4v) is 2.97. The summed E-state index contributed by atoms with van der Waals surface area (Å²) in [6, 6.07) is 4.15. The summed E-state index contributed by atoms with van der Waals surface area (Å²) < 4.78 is 26.6. The molecule has 1 fully saturated rings. The summed E-state index contributed by atoms with van der Waals surface area (Å²) in [4.78, 5) is 2.32. The Labute approximate surface area is 120 Å². The molecule has 2 nitrogen and oxygen atoms in total. The molecule has 1 N–H and O–H groups in total. The van der Waals surface area contributed by atoms with E-state index in [2.05, 4.69) is 31.0 Å². The van der Waals surface area contributed by atoms with E-state index in [0.29, 0.717) is 18.2 Å². The second kappa shape index (κ2) is 6.19. The zero-order valence-electron chi connectivity index (χ0n) is 12.5. The Morgan fingerprint density at radius 3 is 2.35 bits per heavy atom. The van der Waals surface area contributed by atoms with Crippen molar-refractivity contribution < 1.29 is 8.78 Å². The number of nitrogens with zero attached hydrogens (tertiary/aromatic N) is 1. The minimum absolute atomic E-state index is 0.123. The van der Waals surface area contributed by atoms with Crippen molar-refractivity contribution in [2.45, 2.75) is 51.7 Å². The van der Waals surface area contributed by atoms with Gasteiger partial charge in [-0.3, -0.25) is 4.90 Å². The van der Waals surface area contributed by atoms with Gasteiger partial charge in [0.2, 0.25) is 0 Å². The summed E-state index contributed by atoms with van der Waals surface area (Å²) in [5, 5.41) is 3.63. The molecule has 2 rings (SSSR count). The Bertz CT molecular complexity index is 438. The van der Waals surface area contributed by atoms with Crippen molar-refractivity contribution >= 4 is 0 Å². The molecule has 0 radical (unpaired) electrons. The molecule has 0 aliphatic carbocycles. The minimum Gasteiger partial charge on any atom is -0.308 e. The molecule has 1 aromatic carbocycles. The Morgan fingerprint density at radius 1 is 1.20 bits per heavy atom. The van der Waals surface area contributed by atoms with Gasteiger partial charge in [-0.25, -0.2) is 8.78 Å². The molecule has 1 aliphatic rings. The maximum atomic E-state index is 13.3. The van der Waals surface area contributed by atoms with Gasteiger partial charge < -0.3 is 5.32 Å². The third-order valence-corrected chi connectivity index (χ3v) is 4.56. The van der Waals surface area contributed by atoms with Crippen LogP contribution < -0.4 is 5.32 Å². The van der Waals surface area contributed by atoms with Gasteiger partial charge in [0.05, 0.1) is 0 Å². The highest BCUT2D eigenvalue weighted by Crippen LogP contribution is 2.24. The number of halogens is 2. The largest absolute Gasteiger partial charge is 0.308 e. The molecule has 0 bridgehead atoms. The van der Waals surface area contributed by atoms with Crippen molar-refractivity contribution in [3.05, 3.63) is 35.4 Å². The van der Waals surface area contributed by atoms with E-state index >= 15 is 0 Å². The summed E-state index contributed by atoms with van der Waals surface area (Å²) in [7, 11) is 0. The lowest BCUT2D eigenvalue weighted by molar-refractivity contribution is 0.0744. The van der Waals surface area contributed by atoms with Crippen molar-refractivity contribution in [1.29, 1.82) is 0 Å². The van der Waals surface area contributed by atoms with E-state index in [4.69, 9.17) is 0 Å². The van der Waals surface area contributed by atoms with E-state index in [1.807, 2.05) is 0 Å². The summed E-state index contributed by atoms with van der Waals surface area (Å²) >= 11 is 0. The standard InChI is InChI=1S/C16H24F2N2/c1-4-16(5-2)11-20(12(3)9-19-16)10-13-6-14(17)8-15(18)7-13/h6-8,12,19H,4-5,9-11H2,1-3H3. The van der Waals surface area contributed by atoms with Crippen LogP contribution in [0.3, 0.4) is 0 Å². The summed E-state index contributed by atoms with van der Waals surface area (Å²) in [5.74, 6) is -1.000. The zero-order valence-corrected chi connectivity index (χ0v) is 12.5. The molecule has 0 spiro atoms. The van der Waals surface area contributed by atoms with Crippen LogP contribution in [0.15, 0.2) is 18.2 Å². The molecule has 0 amide bonds. The maximum absolute atomic E-state index is 13.3. The molecule has 1 aliphatic heterocycles. The predicted octanol–water partition coefficient (Wildman–Crippen LogP) is 3.32. The Hall–Kier alpha value is -1.00. The van der Waals surface area contributed by atoms with Gasteiger partial charge in [0.1, 0.15) is 11.6 Å². The van der Waals surface area contributed by atoms with Gasteiger partial charge in [0.25, 0.3) is 0 Å². The normalized spacial score (nSPS) is 22.9. The van der Waals surface area contributed by atoms with Crippen LogP contribution in [0.5, 0.6) is 0 Å². The van der Waals surface area contributed by atoms with Gasteiger partial charge in [-0.15, -0.1) is 0 Å². The van der Waals surface area contributed by atoms with E-state index in [0.717, 1.165) is 32.0 Å². The molecule has 0 aromatic heterocycles. The smallest absolute Gasteiger partial charge is 0.126 e. The Balaban J connectivity index is 2.13. The quantitative estimate of drug-likeness (QED) is 0.911. The van der Waals surface area contributed by atoms with Crippen LogP contribution in [-0.4, -0.2) is 29.6 Å². The molecule has 1 saturated heterocycles. The maximum Gasteiger partial charge on any atom is 0.126 e. The van der Waals surface area contributed by atoms with E-state index in [1.165, 1.54) is 12.1 Å². The molecule has 0 saturated carbocycles. The average molecular weight is 282 g/mol. The monoisotopic (exact) mass is 282 g/mol. The van der Waals surface area contributed by atoms with Crippen molar-refractivity contribution in [2.75, 3.05) is 13.1 Å². The highest BCUT2D eigenvalue weighted by molar-refractivity contribution is 5.18. The first-order chi connectivity index (χ1) is 9.48. The first-order valence-corrected chi connectivity index (χ1v) is 7.42. The summed E-state index contributed by atoms with van der Waals surface area (Å²) in [6.07, 6.45) is 2.12. The summed E-state index contributed by atoms with van der Waals surface area (Å²) in [6.45, 7) is 8.95. The zero-order chi connectivity index (χ0) is 14.8. The fourth-order valence-electron chi connectivity index (χ4n) is 2.97. The van der Waals surface area contributed by atoms with Crippen LogP contribution in [0.25, 0.3) is 0 Å². The third kappa shape index (κ3) is 3.36. The second-order valence-electron chi connectivity index (χ2n) is 5.90. The van der Waals surface area contributed by atoms with Crippen LogP contribution in [-0.2, 0) is 6.54 Å². The predicted molar refractivity (Wildman–Crippen MR) is 77.5 cm³/mol. The molecular formula is C16H24F2N2. The molecular weight excluding hydrogens is 258 g/mol. The highest BCUT2D eigenvalue weighted by atomic mass is 19.1. The van der Waals surface area contributed by atoms with E-state index in [-0.39, 0.29) is 5.54 Å². The fraction of sp³-hybridized carbons (Fsp3) is 0.625. The van der Waals surface area contributed by atoms with Crippen LogP contribution >= 0.6 is 0 Å². The summed E-state index contributed by atoms with van der Waals surface area (Å²) in [5.41, 5.74) is 0.829. The van der Waals surface area contributed by atoms with Crippen molar-refractivity contribution in [1.82, 2.24) is 10.2 Å². The van der Waals surface area contributed by atoms with Crippen LogP contribution in [0, 0.1) is 11.6 Å². The van der Waals surface area contributed by atoms with E-state index in [9.17, 15) is 8.78 Å². The highest BCUT2D eigenvalue weighted by Gasteiger charge is 2.34. The van der Waals surface area contributed by atoms with Crippen molar-refractivity contribution in [3.63, 3.8) is 0 Å². The van der Waals surface area contributed by atoms with Crippen LogP contribution in [0.4, 0.5) is 8.78 Å². The van der Waals surface area contributed by atoms with Crippen molar-refractivity contribution in [2.24, 2.45) is 0 Å². The molecule has 1 atom stereocenters. The topological polar surface area (TPSA) is 15.3 Å². The number of hydrogen-bond donors (Lipinski definition) is 1. The molecule has 112 valence electrons. The number of piperazine rings is 1. The van der Waals surface area contributed by atoms with E-state index in [1.54, 1.807) is 0 Å². The van der Waals surface area contributed by atoms with Gasteiger partial charge in [-0.05, 0) is 37.5 Å². The molecule has 4 heteroatoms. The number of hydrogen-bond acceptors (Lipinski definition) is 2.